The van der Waals surface area contributed by atoms with Gasteiger partial charge in [0.15, 0.2) is 0 Å². The lowest BCUT2D eigenvalue weighted by atomic mass is 9.76. The van der Waals surface area contributed by atoms with Crippen molar-refractivity contribution in [2.45, 2.75) is 46.0 Å². The largest absolute Gasteiger partial charge is 0.496 e. The Morgan fingerprint density at radius 2 is 2.05 bits per heavy atom. The highest BCUT2D eigenvalue weighted by atomic mass is 79.9. The van der Waals surface area contributed by atoms with Crippen LogP contribution < -0.4 is 4.74 Å². The van der Waals surface area contributed by atoms with Crippen LogP contribution in [0.15, 0.2) is 22.7 Å². The molecule has 3 heteroatoms. The average molecular weight is 329 g/mol. The van der Waals surface area contributed by atoms with Crippen LogP contribution in [0.1, 0.15) is 45.1 Å². The molecule has 0 aromatic heterocycles. The highest BCUT2D eigenvalue weighted by Crippen LogP contribution is 2.34. The first-order chi connectivity index (χ1) is 9.10. The fourth-order valence-corrected chi connectivity index (χ4v) is 3.03. The molecule has 0 spiro atoms. The van der Waals surface area contributed by atoms with E-state index in [0.717, 1.165) is 29.5 Å². The molecule has 0 fully saturated rings. The van der Waals surface area contributed by atoms with Crippen molar-refractivity contribution in [2.75, 3.05) is 13.7 Å². The lowest BCUT2D eigenvalue weighted by Gasteiger charge is -2.31. The molecular formula is C16H25BrO2. The number of unbranched alkanes of at least 4 members (excludes halogenated alkanes) is 1. The fraction of sp³-hybridized carbons (Fsp3) is 0.625. The van der Waals surface area contributed by atoms with E-state index in [2.05, 4.69) is 41.9 Å². The van der Waals surface area contributed by atoms with Crippen LogP contribution in [0.25, 0.3) is 0 Å². The number of aliphatic hydroxyl groups excluding tert-OH is 1. The second kappa shape index (κ2) is 7.91. The molecule has 108 valence electrons. The van der Waals surface area contributed by atoms with Crippen LogP contribution in [0.5, 0.6) is 5.75 Å². The van der Waals surface area contributed by atoms with Gasteiger partial charge < -0.3 is 9.84 Å². The van der Waals surface area contributed by atoms with Gasteiger partial charge in [-0.15, -0.1) is 0 Å². The normalized spacial score (nSPS) is 14.2. The van der Waals surface area contributed by atoms with E-state index in [9.17, 15) is 5.11 Å². The lowest BCUT2D eigenvalue weighted by molar-refractivity contribution is 0.107. The molecular weight excluding hydrogens is 304 g/mol. The van der Waals surface area contributed by atoms with Crippen LogP contribution in [0.3, 0.4) is 0 Å². The predicted octanol–water partition coefficient (Wildman–Crippen LogP) is 4.58. The zero-order chi connectivity index (χ0) is 14.3. The Labute approximate surface area is 125 Å². The van der Waals surface area contributed by atoms with E-state index < -0.39 is 0 Å². The third-order valence-corrected chi connectivity index (χ3v) is 4.56. The van der Waals surface area contributed by atoms with E-state index in [-0.39, 0.29) is 12.0 Å². The van der Waals surface area contributed by atoms with Gasteiger partial charge in [-0.1, -0.05) is 32.8 Å². The summed E-state index contributed by atoms with van der Waals surface area (Å²) >= 11 is 3.52. The average Bonchev–Trinajstić information content (AvgIpc) is 2.44. The maximum atomic E-state index is 9.80. The summed E-state index contributed by atoms with van der Waals surface area (Å²) in [6.07, 6.45) is 5.36. The molecule has 1 atom stereocenters. The number of hydrogen-bond donors (Lipinski definition) is 1. The molecule has 2 nitrogen and oxygen atoms in total. The van der Waals surface area contributed by atoms with E-state index in [0.29, 0.717) is 0 Å². The van der Waals surface area contributed by atoms with Gasteiger partial charge in [0, 0.05) is 6.61 Å². The summed E-state index contributed by atoms with van der Waals surface area (Å²) in [5, 5.41) is 9.80. The summed E-state index contributed by atoms with van der Waals surface area (Å²) in [6.45, 7) is 4.62. The van der Waals surface area contributed by atoms with Crippen molar-refractivity contribution in [3.05, 3.63) is 28.2 Å². The van der Waals surface area contributed by atoms with Crippen molar-refractivity contribution in [1.82, 2.24) is 0 Å². The minimum absolute atomic E-state index is 0.0179. The third-order valence-electron chi connectivity index (χ3n) is 3.94. The zero-order valence-electron chi connectivity index (χ0n) is 12.2. The molecule has 19 heavy (non-hydrogen) atoms. The van der Waals surface area contributed by atoms with Gasteiger partial charge in [-0.2, -0.15) is 0 Å². The van der Waals surface area contributed by atoms with E-state index in [1.807, 2.05) is 6.07 Å². The van der Waals surface area contributed by atoms with Gasteiger partial charge in [0.25, 0.3) is 0 Å². The molecule has 0 saturated heterocycles. The highest BCUT2D eigenvalue weighted by molar-refractivity contribution is 9.10. The van der Waals surface area contributed by atoms with E-state index in [1.54, 1.807) is 7.11 Å². The lowest BCUT2D eigenvalue weighted by Crippen LogP contribution is -2.27. The number of methoxy groups -OCH3 is 1. The first-order valence-corrected chi connectivity index (χ1v) is 7.83. The summed E-state index contributed by atoms with van der Waals surface area (Å²) in [5.74, 6) is 0.850. The SMILES string of the molecule is CCCCC(CC)(CO)Cc1ccc(OC)c(Br)c1. The van der Waals surface area contributed by atoms with Crippen molar-refractivity contribution >= 4 is 15.9 Å². The van der Waals surface area contributed by atoms with Crippen LogP contribution in [0.4, 0.5) is 0 Å². The number of halogens is 1. The Balaban J connectivity index is 2.86. The number of benzene rings is 1. The Bertz CT molecular complexity index is 386. The number of ether oxygens (including phenoxy) is 1. The van der Waals surface area contributed by atoms with Crippen molar-refractivity contribution in [1.29, 1.82) is 0 Å². The van der Waals surface area contributed by atoms with E-state index in [1.165, 1.54) is 18.4 Å². The Hall–Kier alpha value is -0.540. The summed E-state index contributed by atoms with van der Waals surface area (Å²) < 4.78 is 6.23. The van der Waals surface area contributed by atoms with Crippen molar-refractivity contribution in [3.8, 4) is 5.75 Å². The molecule has 1 aromatic carbocycles. The quantitative estimate of drug-likeness (QED) is 0.756. The monoisotopic (exact) mass is 328 g/mol. The topological polar surface area (TPSA) is 29.5 Å². The Morgan fingerprint density at radius 1 is 1.32 bits per heavy atom. The standard InChI is InChI=1S/C16H25BrO2/c1-4-6-9-16(5-2,12-18)11-13-7-8-15(19-3)14(17)10-13/h7-8,10,18H,4-6,9,11-12H2,1-3H3. The van der Waals surface area contributed by atoms with E-state index >= 15 is 0 Å². The highest BCUT2D eigenvalue weighted by Gasteiger charge is 2.27. The second-order valence-corrected chi connectivity index (χ2v) is 6.12. The first kappa shape index (κ1) is 16.5. The molecule has 0 saturated carbocycles. The minimum Gasteiger partial charge on any atom is -0.496 e. The van der Waals surface area contributed by atoms with Crippen molar-refractivity contribution in [2.24, 2.45) is 5.41 Å². The van der Waals surface area contributed by atoms with Crippen LogP contribution in [-0.2, 0) is 6.42 Å². The van der Waals surface area contributed by atoms with Gasteiger partial charge in [0.05, 0.1) is 11.6 Å². The molecule has 1 N–H and O–H groups in total. The van der Waals surface area contributed by atoms with Crippen LogP contribution >= 0.6 is 15.9 Å². The fourth-order valence-electron chi connectivity index (χ4n) is 2.44. The van der Waals surface area contributed by atoms with Crippen molar-refractivity contribution < 1.29 is 9.84 Å². The summed E-state index contributed by atoms with van der Waals surface area (Å²) in [7, 11) is 1.67. The third kappa shape index (κ3) is 4.50. The number of rotatable bonds is 8. The maximum absolute atomic E-state index is 9.80. The predicted molar refractivity (Wildman–Crippen MR) is 83.7 cm³/mol. The number of aliphatic hydroxyl groups is 1. The molecule has 0 bridgehead atoms. The van der Waals surface area contributed by atoms with Gasteiger partial charge in [-0.25, -0.2) is 0 Å². The molecule has 0 aliphatic carbocycles. The zero-order valence-corrected chi connectivity index (χ0v) is 13.8. The molecule has 0 amide bonds. The summed E-state index contributed by atoms with van der Waals surface area (Å²) in [5.41, 5.74) is 1.27. The minimum atomic E-state index is 0.0179. The number of hydrogen-bond acceptors (Lipinski definition) is 2. The van der Waals surface area contributed by atoms with Gasteiger partial charge in [0.2, 0.25) is 0 Å². The maximum Gasteiger partial charge on any atom is 0.133 e. The molecule has 1 unspecified atom stereocenters. The summed E-state index contributed by atoms with van der Waals surface area (Å²) in [4.78, 5) is 0. The molecule has 0 radical (unpaired) electrons. The van der Waals surface area contributed by atoms with Gasteiger partial charge in [-0.3, -0.25) is 0 Å². The molecule has 0 aliphatic heterocycles. The molecule has 1 rings (SSSR count). The van der Waals surface area contributed by atoms with Crippen LogP contribution in [-0.4, -0.2) is 18.8 Å². The van der Waals surface area contributed by atoms with Crippen molar-refractivity contribution in [3.63, 3.8) is 0 Å². The first-order valence-electron chi connectivity index (χ1n) is 7.04. The smallest absolute Gasteiger partial charge is 0.133 e. The van der Waals surface area contributed by atoms with Gasteiger partial charge >= 0.3 is 0 Å². The summed E-state index contributed by atoms with van der Waals surface area (Å²) in [6, 6.07) is 6.18. The molecule has 0 aliphatic rings. The Kier molecular flexibility index (Phi) is 6.87. The Morgan fingerprint density at radius 3 is 2.53 bits per heavy atom. The van der Waals surface area contributed by atoms with Gasteiger partial charge in [0.1, 0.15) is 5.75 Å². The van der Waals surface area contributed by atoms with E-state index in [4.69, 9.17) is 4.74 Å². The molecule has 0 heterocycles. The van der Waals surface area contributed by atoms with Crippen LogP contribution in [0, 0.1) is 5.41 Å². The van der Waals surface area contributed by atoms with Crippen LogP contribution in [0.2, 0.25) is 0 Å². The van der Waals surface area contributed by atoms with Gasteiger partial charge in [-0.05, 0) is 58.3 Å². The molecule has 1 aromatic rings. The second-order valence-electron chi connectivity index (χ2n) is 5.26.